The third kappa shape index (κ3) is 5.50. The predicted molar refractivity (Wildman–Crippen MR) is 70.9 cm³/mol. The van der Waals surface area contributed by atoms with E-state index in [1.807, 2.05) is 0 Å². The van der Waals surface area contributed by atoms with Crippen LogP contribution in [0.1, 0.15) is 5.56 Å². The molecular formula is C11H11BrFNO3S. The predicted octanol–water partition coefficient (Wildman–Crippen LogP) is 2.02. The van der Waals surface area contributed by atoms with Crippen LogP contribution in [0.2, 0.25) is 0 Å². The Balaban J connectivity index is 2.38. The summed E-state index contributed by atoms with van der Waals surface area (Å²) in [7, 11) is 0. The fraction of sp³-hybridized carbons (Fsp3) is 0.273. The molecule has 0 aliphatic heterocycles. The van der Waals surface area contributed by atoms with E-state index in [2.05, 4.69) is 21.2 Å². The van der Waals surface area contributed by atoms with Crippen LogP contribution in [0.3, 0.4) is 0 Å². The molecule has 0 aromatic heterocycles. The molecule has 0 spiro atoms. The minimum atomic E-state index is -0.958. The van der Waals surface area contributed by atoms with Crippen LogP contribution >= 0.6 is 27.7 Å². The number of amides is 1. The van der Waals surface area contributed by atoms with Crippen molar-refractivity contribution in [1.29, 1.82) is 0 Å². The summed E-state index contributed by atoms with van der Waals surface area (Å²) in [5.74, 6) is -1.66. The minimum absolute atomic E-state index is 0.0687. The van der Waals surface area contributed by atoms with Crippen molar-refractivity contribution in [2.75, 3.05) is 11.5 Å². The Morgan fingerprint density at radius 3 is 2.78 bits per heavy atom. The van der Waals surface area contributed by atoms with Gasteiger partial charge in [0.1, 0.15) is 5.82 Å². The standard InChI is InChI=1S/C11H11BrFNO3S/c12-9-2-1-8(13)3-7(9)4-14-10(15)5-18-6-11(16)17/h1-3H,4-6H2,(H,14,15)(H,16,17). The largest absolute Gasteiger partial charge is 0.481 e. The molecule has 0 saturated heterocycles. The first kappa shape index (κ1) is 15.0. The average Bonchev–Trinajstić information content (AvgIpc) is 2.30. The van der Waals surface area contributed by atoms with Gasteiger partial charge in [-0.2, -0.15) is 0 Å². The number of nitrogens with one attached hydrogen (secondary N) is 1. The summed E-state index contributed by atoms with van der Waals surface area (Å²) in [5, 5.41) is 11.0. The van der Waals surface area contributed by atoms with Gasteiger partial charge in [0.15, 0.2) is 0 Å². The highest BCUT2D eigenvalue weighted by Crippen LogP contribution is 2.17. The lowest BCUT2D eigenvalue weighted by Crippen LogP contribution is -2.25. The molecule has 98 valence electrons. The minimum Gasteiger partial charge on any atom is -0.481 e. The molecule has 0 unspecified atom stereocenters. The third-order valence-corrected chi connectivity index (χ3v) is 3.63. The van der Waals surface area contributed by atoms with Crippen molar-refractivity contribution in [2.24, 2.45) is 0 Å². The van der Waals surface area contributed by atoms with Gasteiger partial charge in [0.05, 0.1) is 11.5 Å². The van der Waals surface area contributed by atoms with E-state index in [0.29, 0.717) is 10.0 Å². The first-order valence-electron chi connectivity index (χ1n) is 4.99. The Hall–Kier alpha value is -1.08. The zero-order valence-corrected chi connectivity index (χ0v) is 11.7. The number of aliphatic carboxylic acids is 1. The number of carboxylic acids is 1. The number of hydrogen-bond donors (Lipinski definition) is 2. The van der Waals surface area contributed by atoms with E-state index >= 15 is 0 Å². The van der Waals surface area contributed by atoms with Crippen LogP contribution in [0.15, 0.2) is 22.7 Å². The molecule has 7 heteroatoms. The number of thioether (sulfide) groups is 1. The molecule has 0 aliphatic carbocycles. The lowest BCUT2D eigenvalue weighted by molar-refractivity contribution is -0.133. The van der Waals surface area contributed by atoms with Crippen LogP contribution in [-0.2, 0) is 16.1 Å². The van der Waals surface area contributed by atoms with Crippen LogP contribution < -0.4 is 5.32 Å². The molecule has 2 N–H and O–H groups in total. The highest BCUT2D eigenvalue weighted by molar-refractivity contribution is 9.10. The van der Waals surface area contributed by atoms with Gasteiger partial charge in [0.25, 0.3) is 0 Å². The average molecular weight is 336 g/mol. The number of benzene rings is 1. The van der Waals surface area contributed by atoms with Crippen molar-refractivity contribution in [1.82, 2.24) is 5.32 Å². The maximum Gasteiger partial charge on any atom is 0.313 e. The Labute approximate surface area is 116 Å². The van der Waals surface area contributed by atoms with Crippen LogP contribution in [-0.4, -0.2) is 28.5 Å². The number of carboxylic acid groups (broad SMARTS) is 1. The summed E-state index contributed by atoms with van der Waals surface area (Å²) in [6.45, 7) is 0.199. The molecule has 0 saturated carbocycles. The zero-order chi connectivity index (χ0) is 13.5. The van der Waals surface area contributed by atoms with E-state index in [9.17, 15) is 14.0 Å². The Kier molecular flexibility index (Phi) is 6.14. The van der Waals surface area contributed by atoms with Gasteiger partial charge in [-0.1, -0.05) is 15.9 Å². The SMILES string of the molecule is O=C(O)CSCC(=O)NCc1cc(F)ccc1Br. The normalized spacial score (nSPS) is 10.1. The van der Waals surface area contributed by atoms with Crippen molar-refractivity contribution >= 4 is 39.6 Å². The number of rotatable bonds is 6. The van der Waals surface area contributed by atoms with Crippen molar-refractivity contribution in [2.45, 2.75) is 6.54 Å². The number of hydrogen-bond acceptors (Lipinski definition) is 3. The zero-order valence-electron chi connectivity index (χ0n) is 9.28. The highest BCUT2D eigenvalue weighted by Gasteiger charge is 2.06. The van der Waals surface area contributed by atoms with E-state index in [-0.39, 0.29) is 29.8 Å². The van der Waals surface area contributed by atoms with E-state index in [1.54, 1.807) is 6.07 Å². The smallest absolute Gasteiger partial charge is 0.313 e. The van der Waals surface area contributed by atoms with Crippen molar-refractivity contribution in [3.05, 3.63) is 34.1 Å². The van der Waals surface area contributed by atoms with Gasteiger partial charge in [0.2, 0.25) is 5.91 Å². The molecule has 4 nitrogen and oxygen atoms in total. The van der Waals surface area contributed by atoms with Crippen molar-refractivity contribution in [3.8, 4) is 0 Å². The van der Waals surface area contributed by atoms with E-state index in [1.165, 1.54) is 12.1 Å². The molecule has 0 aliphatic rings. The first-order chi connectivity index (χ1) is 8.49. The molecule has 0 fully saturated rings. The van der Waals surface area contributed by atoms with E-state index in [0.717, 1.165) is 11.8 Å². The van der Waals surface area contributed by atoms with E-state index in [4.69, 9.17) is 5.11 Å². The van der Waals surface area contributed by atoms with E-state index < -0.39 is 5.97 Å². The molecule has 1 rings (SSSR count). The summed E-state index contributed by atoms with van der Waals surface area (Å²) >= 11 is 4.27. The van der Waals surface area contributed by atoms with Gasteiger partial charge < -0.3 is 10.4 Å². The lowest BCUT2D eigenvalue weighted by atomic mass is 10.2. The topological polar surface area (TPSA) is 66.4 Å². The van der Waals surface area contributed by atoms with Crippen molar-refractivity contribution in [3.63, 3.8) is 0 Å². The van der Waals surface area contributed by atoms with Crippen molar-refractivity contribution < 1.29 is 19.1 Å². The molecule has 1 aromatic rings. The Bertz CT molecular complexity index is 456. The van der Waals surface area contributed by atoms with Crippen LogP contribution in [0.4, 0.5) is 4.39 Å². The number of carbonyl (C=O) groups is 2. The molecule has 18 heavy (non-hydrogen) atoms. The van der Waals surface area contributed by atoms with Crippen LogP contribution in [0.5, 0.6) is 0 Å². The maximum absolute atomic E-state index is 13.0. The monoisotopic (exact) mass is 335 g/mol. The number of carbonyl (C=O) groups excluding carboxylic acids is 1. The molecule has 0 atom stereocenters. The molecule has 0 radical (unpaired) electrons. The molecule has 1 amide bonds. The summed E-state index contributed by atoms with van der Waals surface area (Å²) in [6, 6.07) is 4.21. The molecular weight excluding hydrogens is 325 g/mol. The quantitative estimate of drug-likeness (QED) is 0.834. The Morgan fingerprint density at radius 2 is 2.11 bits per heavy atom. The second-order valence-corrected chi connectivity index (χ2v) is 5.24. The first-order valence-corrected chi connectivity index (χ1v) is 6.94. The Morgan fingerprint density at radius 1 is 1.39 bits per heavy atom. The van der Waals surface area contributed by atoms with Gasteiger partial charge in [-0.05, 0) is 23.8 Å². The summed E-state index contributed by atoms with van der Waals surface area (Å²) in [6.07, 6.45) is 0. The fourth-order valence-corrected chi connectivity index (χ4v) is 2.11. The molecule has 0 bridgehead atoms. The fourth-order valence-electron chi connectivity index (χ4n) is 1.15. The second kappa shape index (κ2) is 7.38. The van der Waals surface area contributed by atoms with Gasteiger partial charge in [-0.15, -0.1) is 11.8 Å². The third-order valence-electron chi connectivity index (χ3n) is 1.94. The van der Waals surface area contributed by atoms with Gasteiger partial charge >= 0.3 is 5.97 Å². The lowest BCUT2D eigenvalue weighted by Gasteiger charge is -2.07. The van der Waals surface area contributed by atoms with Gasteiger partial charge in [-0.25, -0.2) is 4.39 Å². The number of halogens is 2. The van der Waals surface area contributed by atoms with Gasteiger partial charge in [-0.3, -0.25) is 9.59 Å². The summed E-state index contributed by atoms with van der Waals surface area (Å²) in [4.78, 5) is 21.6. The van der Waals surface area contributed by atoms with Crippen LogP contribution in [0, 0.1) is 5.82 Å². The van der Waals surface area contributed by atoms with Crippen LogP contribution in [0.25, 0.3) is 0 Å². The van der Waals surface area contributed by atoms with Gasteiger partial charge in [0, 0.05) is 11.0 Å². The molecule has 0 heterocycles. The molecule has 1 aromatic carbocycles. The highest BCUT2D eigenvalue weighted by atomic mass is 79.9. The summed E-state index contributed by atoms with van der Waals surface area (Å²) < 4.78 is 13.7. The maximum atomic E-state index is 13.0. The summed E-state index contributed by atoms with van der Waals surface area (Å²) in [5.41, 5.74) is 0.631. The second-order valence-electron chi connectivity index (χ2n) is 3.40.